The molecule has 0 atom stereocenters. The Labute approximate surface area is 151 Å². The van der Waals surface area contributed by atoms with Crippen molar-refractivity contribution >= 4 is 27.5 Å². The van der Waals surface area contributed by atoms with Crippen LogP contribution in [0.15, 0.2) is 53.4 Å². The molecule has 2 aromatic carbocycles. The highest BCUT2D eigenvalue weighted by molar-refractivity contribution is 7.89. The Kier molecular flexibility index (Phi) is 5.80. The fourth-order valence-electron chi connectivity index (χ4n) is 2.13. The number of sulfonamides is 1. The molecule has 6 N–H and O–H groups in total. The van der Waals surface area contributed by atoms with E-state index in [-0.39, 0.29) is 23.0 Å². The third-order valence-electron chi connectivity index (χ3n) is 3.41. The summed E-state index contributed by atoms with van der Waals surface area (Å²) in [7, 11) is -2.30. The number of hydroxylamine groups is 1. The molecule has 0 aliphatic carbocycles. The molecule has 2 rings (SSSR count). The van der Waals surface area contributed by atoms with Crippen LogP contribution in [0.4, 0.5) is 5.69 Å². The monoisotopic (exact) mass is 377 g/mol. The Hall–Kier alpha value is -3.11. The molecular formula is C16H19N5O4S. The van der Waals surface area contributed by atoms with Gasteiger partial charge in [0.15, 0.2) is 5.75 Å². The number of nitrogens with zero attached hydrogens (tertiary/aromatic N) is 1. The lowest BCUT2D eigenvalue weighted by Gasteiger charge is -2.19. The standard InChI is InChI=1S/C16H19N5O4S/c1-21(12-6-4-5-11(9-12)16(17)18)10-15(22)20-25-13-7-2-3-8-14(13)26(19,23)24/h2-9H,10H2,1H3,(H3,17,18)(H,20,22)(H2,19,23,24). The Balaban J connectivity index is 2.02. The minimum Gasteiger partial charge on any atom is -0.384 e. The van der Waals surface area contributed by atoms with Crippen LogP contribution in [0.2, 0.25) is 0 Å². The second-order valence-corrected chi connectivity index (χ2v) is 6.97. The molecule has 0 fully saturated rings. The summed E-state index contributed by atoms with van der Waals surface area (Å²) in [6.45, 7) is -0.0705. The van der Waals surface area contributed by atoms with Crippen molar-refractivity contribution in [3.05, 3.63) is 54.1 Å². The van der Waals surface area contributed by atoms with Crippen molar-refractivity contribution < 1.29 is 18.0 Å². The summed E-state index contributed by atoms with van der Waals surface area (Å²) in [4.78, 5) is 18.5. The number of rotatable bonds is 7. The van der Waals surface area contributed by atoms with Crippen LogP contribution < -0.4 is 26.1 Å². The van der Waals surface area contributed by atoms with Crippen molar-refractivity contribution in [1.82, 2.24) is 5.48 Å². The van der Waals surface area contributed by atoms with Crippen LogP contribution in [0.5, 0.6) is 5.75 Å². The average Bonchev–Trinajstić information content (AvgIpc) is 2.59. The molecule has 0 saturated carbocycles. The first-order valence-corrected chi connectivity index (χ1v) is 8.96. The number of para-hydroxylation sites is 1. The smallest absolute Gasteiger partial charge is 0.272 e. The predicted octanol–water partition coefficient (Wildman–Crippen LogP) is 0.164. The van der Waals surface area contributed by atoms with E-state index < -0.39 is 15.9 Å². The van der Waals surface area contributed by atoms with Gasteiger partial charge in [0.05, 0.1) is 6.54 Å². The van der Waals surface area contributed by atoms with Gasteiger partial charge in [-0.15, -0.1) is 0 Å². The Bertz CT molecular complexity index is 930. The van der Waals surface area contributed by atoms with Gasteiger partial charge >= 0.3 is 0 Å². The summed E-state index contributed by atoms with van der Waals surface area (Å²) in [5.74, 6) is -0.665. The van der Waals surface area contributed by atoms with Crippen LogP contribution >= 0.6 is 0 Å². The molecule has 0 bridgehead atoms. The van der Waals surface area contributed by atoms with Crippen molar-refractivity contribution in [3.8, 4) is 5.75 Å². The zero-order valence-corrected chi connectivity index (χ0v) is 14.8. The summed E-state index contributed by atoms with van der Waals surface area (Å²) >= 11 is 0. The first-order valence-electron chi connectivity index (χ1n) is 7.41. The number of likely N-dealkylation sites (N-methyl/N-ethyl adjacent to an activating group) is 1. The number of nitrogen functional groups attached to an aromatic ring is 1. The second-order valence-electron chi connectivity index (χ2n) is 5.44. The van der Waals surface area contributed by atoms with E-state index in [9.17, 15) is 13.2 Å². The second kappa shape index (κ2) is 7.85. The zero-order valence-electron chi connectivity index (χ0n) is 14.0. The minimum absolute atomic E-state index is 0.0705. The number of amidine groups is 1. The van der Waals surface area contributed by atoms with Crippen LogP contribution in [0.1, 0.15) is 5.56 Å². The molecular weight excluding hydrogens is 358 g/mol. The summed E-state index contributed by atoms with van der Waals surface area (Å²) in [5.41, 5.74) is 8.85. The summed E-state index contributed by atoms with van der Waals surface area (Å²) < 4.78 is 23.0. The molecule has 1 amide bonds. The predicted molar refractivity (Wildman–Crippen MR) is 97.3 cm³/mol. The van der Waals surface area contributed by atoms with Gasteiger partial charge in [0, 0.05) is 18.3 Å². The van der Waals surface area contributed by atoms with E-state index in [2.05, 4.69) is 5.48 Å². The summed E-state index contributed by atoms with van der Waals surface area (Å²) in [6, 6.07) is 12.5. The maximum atomic E-state index is 12.1. The fraction of sp³-hybridized carbons (Fsp3) is 0.125. The van der Waals surface area contributed by atoms with Crippen molar-refractivity contribution in [2.45, 2.75) is 4.90 Å². The van der Waals surface area contributed by atoms with Gasteiger partial charge in [0.2, 0.25) is 10.0 Å². The van der Waals surface area contributed by atoms with Crippen molar-refractivity contribution in [1.29, 1.82) is 5.41 Å². The molecule has 0 spiro atoms. The van der Waals surface area contributed by atoms with Gasteiger partial charge in [0.1, 0.15) is 10.7 Å². The number of carbonyl (C=O) groups excluding carboxylic acids is 1. The molecule has 10 heteroatoms. The molecule has 0 aliphatic heterocycles. The number of nitrogens with two attached hydrogens (primary N) is 2. The normalized spacial score (nSPS) is 10.8. The fourth-order valence-corrected chi connectivity index (χ4v) is 2.79. The molecule has 138 valence electrons. The largest absolute Gasteiger partial charge is 0.384 e. The number of primary sulfonamides is 1. The molecule has 0 aliphatic rings. The summed E-state index contributed by atoms with van der Waals surface area (Å²) in [5, 5.41) is 12.5. The van der Waals surface area contributed by atoms with E-state index in [1.165, 1.54) is 18.2 Å². The molecule has 0 unspecified atom stereocenters. The lowest BCUT2D eigenvalue weighted by atomic mass is 10.2. The van der Waals surface area contributed by atoms with Gasteiger partial charge in [0.25, 0.3) is 5.91 Å². The van der Waals surface area contributed by atoms with Crippen LogP contribution in [0, 0.1) is 5.41 Å². The zero-order chi connectivity index (χ0) is 19.3. The van der Waals surface area contributed by atoms with E-state index in [0.29, 0.717) is 11.3 Å². The third-order valence-corrected chi connectivity index (χ3v) is 4.36. The number of benzene rings is 2. The maximum Gasteiger partial charge on any atom is 0.272 e. The highest BCUT2D eigenvalue weighted by atomic mass is 32.2. The van der Waals surface area contributed by atoms with E-state index in [0.717, 1.165) is 0 Å². The van der Waals surface area contributed by atoms with Gasteiger partial charge in [-0.25, -0.2) is 13.6 Å². The first kappa shape index (κ1) is 19.2. The van der Waals surface area contributed by atoms with Crippen molar-refractivity contribution in [2.24, 2.45) is 10.9 Å². The van der Waals surface area contributed by atoms with Gasteiger partial charge in [-0.3, -0.25) is 10.2 Å². The minimum atomic E-state index is -3.98. The molecule has 0 radical (unpaired) electrons. The first-order chi connectivity index (χ1) is 12.2. The Morgan fingerprint density at radius 2 is 1.92 bits per heavy atom. The Morgan fingerprint density at radius 3 is 2.58 bits per heavy atom. The lowest BCUT2D eigenvalue weighted by molar-refractivity contribution is -0.126. The van der Waals surface area contributed by atoms with E-state index in [1.54, 1.807) is 42.3 Å². The third kappa shape index (κ3) is 4.94. The molecule has 2 aromatic rings. The van der Waals surface area contributed by atoms with Crippen LogP contribution in [0.3, 0.4) is 0 Å². The van der Waals surface area contributed by atoms with Crippen LogP contribution in [-0.4, -0.2) is 33.8 Å². The molecule has 9 nitrogen and oxygen atoms in total. The summed E-state index contributed by atoms with van der Waals surface area (Å²) in [6.07, 6.45) is 0. The molecule has 0 saturated heterocycles. The number of anilines is 1. The van der Waals surface area contributed by atoms with Crippen LogP contribution in [-0.2, 0) is 14.8 Å². The number of carbonyl (C=O) groups is 1. The van der Waals surface area contributed by atoms with Gasteiger partial charge < -0.3 is 15.5 Å². The van der Waals surface area contributed by atoms with Crippen molar-refractivity contribution in [2.75, 3.05) is 18.5 Å². The SMILES string of the molecule is CN(CC(=O)NOc1ccccc1S(N)(=O)=O)c1cccc(C(=N)N)c1. The number of hydrogen-bond donors (Lipinski definition) is 4. The maximum absolute atomic E-state index is 12.1. The highest BCUT2D eigenvalue weighted by Crippen LogP contribution is 2.21. The molecule has 0 aromatic heterocycles. The van der Waals surface area contributed by atoms with Gasteiger partial charge in [-0.1, -0.05) is 24.3 Å². The quantitative estimate of drug-likeness (QED) is 0.306. The van der Waals surface area contributed by atoms with E-state index in [1.807, 2.05) is 0 Å². The van der Waals surface area contributed by atoms with Gasteiger partial charge in [-0.2, -0.15) is 5.48 Å². The topological polar surface area (TPSA) is 152 Å². The number of hydrogen-bond acceptors (Lipinski definition) is 6. The van der Waals surface area contributed by atoms with Crippen molar-refractivity contribution in [3.63, 3.8) is 0 Å². The van der Waals surface area contributed by atoms with Crippen LogP contribution in [0.25, 0.3) is 0 Å². The lowest BCUT2D eigenvalue weighted by Crippen LogP contribution is -2.37. The molecule has 0 heterocycles. The van der Waals surface area contributed by atoms with E-state index >= 15 is 0 Å². The number of nitrogens with one attached hydrogen (secondary N) is 2. The van der Waals surface area contributed by atoms with Gasteiger partial charge in [-0.05, 0) is 24.3 Å². The number of amides is 1. The highest BCUT2D eigenvalue weighted by Gasteiger charge is 2.16. The Morgan fingerprint density at radius 1 is 1.23 bits per heavy atom. The van der Waals surface area contributed by atoms with E-state index in [4.69, 9.17) is 21.1 Å². The molecule has 26 heavy (non-hydrogen) atoms. The average molecular weight is 377 g/mol.